The van der Waals surface area contributed by atoms with Gasteiger partial charge in [-0.1, -0.05) is 6.07 Å². The van der Waals surface area contributed by atoms with Crippen molar-refractivity contribution < 1.29 is 9.47 Å². The minimum absolute atomic E-state index is 0.124. The Hall–Kier alpha value is -0.580. The van der Waals surface area contributed by atoms with E-state index in [0.717, 1.165) is 23.4 Å². The minimum atomic E-state index is 0.124. The van der Waals surface area contributed by atoms with Crippen molar-refractivity contribution in [3.05, 3.63) is 28.2 Å². The van der Waals surface area contributed by atoms with Gasteiger partial charge in [-0.15, -0.1) is 0 Å². The first-order chi connectivity index (χ1) is 8.92. The fraction of sp³-hybridized carbons (Fsp3) is 0.600. The fourth-order valence-corrected chi connectivity index (χ4v) is 2.03. The van der Waals surface area contributed by atoms with Crippen LogP contribution in [0.1, 0.15) is 33.3 Å². The Balaban J connectivity index is 2.49. The molecule has 0 saturated carbocycles. The van der Waals surface area contributed by atoms with Crippen LogP contribution in [-0.2, 0) is 11.3 Å². The van der Waals surface area contributed by atoms with Gasteiger partial charge in [-0.3, -0.25) is 0 Å². The summed E-state index contributed by atoms with van der Waals surface area (Å²) >= 11 is 3.54. The highest BCUT2D eigenvalue weighted by Crippen LogP contribution is 2.26. The van der Waals surface area contributed by atoms with Crippen molar-refractivity contribution in [1.82, 2.24) is 5.32 Å². The van der Waals surface area contributed by atoms with Gasteiger partial charge in [0.25, 0.3) is 0 Å². The van der Waals surface area contributed by atoms with E-state index in [-0.39, 0.29) is 5.54 Å². The molecule has 0 unspecified atom stereocenters. The molecule has 0 amide bonds. The summed E-state index contributed by atoms with van der Waals surface area (Å²) in [5, 5.41) is 3.46. The van der Waals surface area contributed by atoms with Gasteiger partial charge in [0.05, 0.1) is 11.1 Å². The van der Waals surface area contributed by atoms with E-state index in [9.17, 15) is 0 Å². The van der Waals surface area contributed by atoms with Crippen LogP contribution in [0.5, 0.6) is 5.75 Å². The van der Waals surface area contributed by atoms with E-state index >= 15 is 0 Å². The molecule has 0 aliphatic rings. The molecule has 0 radical (unpaired) electrons. The van der Waals surface area contributed by atoms with E-state index in [4.69, 9.17) is 9.47 Å². The number of halogens is 1. The molecule has 0 aromatic heterocycles. The van der Waals surface area contributed by atoms with Crippen LogP contribution in [0.3, 0.4) is 0 Å². The fourth-order valence-electron chi connectivity index (χ4n) is 1.49. The summed E-state index contributed by atoms with van der Waals surface area (Å²) in [6.45, 7) is 11.2. The van der Waals surface area contributed by atoms with Crippen molar-refractivity contribution >= 4 is 15.9 Å². The number of ether oxygens (including phenoxy) is 2. The maximum absolute atomic E-state index is 5.65. The van der Waals surface area contributed by atoms with Gasteiger partial charge in [0, 0.05) is 18.7 Å². The van der Waals surface area contributed by atoms with Gasteiger partial charge in [-0.2, -0.15) is 0 Å². The van der Waals surface area contributed by atoms with E-state index in [0.29, 0.717) is 13.2 Å². The number of hydrogen-bond donors (Lipinski definition) is 1. The Morgan fingerprint density at radius 1 is 1.21 bits per heavy atom. The number of benzene rings is 1. The molecule has 0 spiro atoms. The molecule has 0 atom stereocenters. The number of nitrogens with one attached hydrogen (secondary N) is 1. The van der Waals surface area contributed by atoms with Gasteiger partial charge in [-0.05, 0) is 61.3 Å². The van der Waals surface area contributed by atoms with Crippen molar-refractivity contribution in [3.8, 4) is 5.75 Å². The van der Waals surface area contributed by atoms with E-state index in [2.05, 4.69) is 54.2 Å². The summed E-state index contributed by atoms with van der Waals surface area (Å²) < 4.78 is 11.9. The van der Waals surface area contributed by atoms with Gasteiger partial charge in [0.15, 0.2) is 0 Å². The molecule has 3 nitrogen and oxygen atoms in total. The zero-order valence-corrected chi connectivity index (χ0v) is 13.8. The maximum atomic E-state index is 5.65. The van der Waals surface area contributed by atoms with Crippen molar-refractivity contribution in [2.24, 2.45) is 0 Å². The molecule has 0 bridgehead atoms. The largest absolute Gasteiger partial charge is 0.490 e. The summed E-state index contributed by atoms with van der Waals surface area (Å²) in [6, 6.07) is 6.17. The van der Waals surface area contributed by atoms with E-state index in [1.807, 2.05) is 13.0 Å². The Labute approximate surface area is 124 Å². The second-order valence-corrected chi connectivity index (χ2v) is 6.27. The lowest BCUT2D eigenvalue weighted by Crippen LogP contribution is -2.35. The first-order valence-corrected chi connectivity index (χ1v) is 7.45. The number of hydrogen-bond acceptors (Lipinski definition) is 3. The molecule has 4 heteroatoms. The molecule has 1 aromatic rings. The third-order valence-corrected chi connectivity index (χ3v) is 3.13. The SMILES string of the molecule is CCOCCOc1ccc(CNC(C)(C)C)cc1Br. The second kappa shape index (κ2) is 7.88. The third kappa shape index (κ3) is 6.95. The zero-order valence-electron chi connectivity index (χ0n) is 12.3. The molecule has 0 aliphatic heterocycles. The zero-order chi connectivity index (χ0) is 14.3. The average molecular weight is 330 g/mol. The lowest BCUT2D eigenvalue weighted by Gasteiger charge is -2.20. The van der Waals surface area contributed by atoms with E-state index < -0.39 is 0 Å². The van der Waals surface area contributed by atoms with Crippen molar-refractivity contribution in [2.45, 2.75) is 39.8 Å². The van der Waals surface area contributed by atoms with Crippen LogP contribution in [0.2, 0.25) is 0 Å². The molecule has 1 N–H and O–H groups in total. The first kappa shape index (κ1) is 16.5. The Morgan fingerprint density at radius 3 is 2.53 bits per heavy atom. The molecule has 19 heavy (non-hydrogen) atoms. The average Bonchev–Trinajstić information content (AvgIpc) is 2.33. The van der Waals surface area contributed by atoms with Gasteiger partial charge in [0.1, 0.15) is 12.4 Å². The van der Waals surface area contributed by atoms with Crippen LogP contribution in [0, 0.1) is 0 Å². The van der Waals surface area contributed by atoms with Gasteiger partial charge in [0.2, 0.25) is 0 Å². The Bertz CT molecular complexity index is 388. The third-order valence-electron chi connectivity index (χ3n) is 2.51. The predicted octanol–water partition coefficient (Wildman–Crippen LogP) is 3.75. The number of rotatable bonds is 7. The summed E-state index contributed by atoms with van der Waals surface area (Å²) in [7, 11) is 0. The molecule has 0 fully saturated rings. The normalized spacial score (nSPS) is 11.6. The summed E-state index contributed by atoms with van der Waals surface area (Å²) in [5.41, 5.74) is 1.36. The molecule has 0 aliphatic carbocycles. The Kier molecular flexibility index (Phi) is 6.83. The highest BCUT2D eigenvalue weighted by Gasteiger charge is 2.09. The summed E-state index contributed by atoms with van der Waals surface area (Å²) in [6.07, 6.45) is 0. The predicted molar refractivity (Wildman–Crippen MR) is 82.7 cm³/mol. The van der Waals surface area contributed by atoms with Crippen molar-refractivity contribution in [1.29, 1.82) is 0 Å². The van der Waals surface area contributed by atoms with Crippen LogP contribution >= 0.6 is 15.9 Å². The van der Waals surface area contributed by atoms with Gasteiger partial charge < -0.3 is 14.8 Å². The smallest absolute Gasteiger partial charge is 0.133 e. The molecular weight excluding hydrogens is 306 g/mol. The van der Waals surface area contributed by atoms with Crippen LogP contribution < -0.4 is 10.1 Å². The van der Waals surface area contributed by atoms with Crippen LogP contribution in [-0.4, -0.2) is 25.4 Å². The summed E-state index contributed by atoms with van der Waals surface area (Å²) in [5.74, 6) is 0.860. The molecule has 1 aromatic carbocycles. The molecular formula is C15H24BrNO2. The van der Waals surface area contributed by atoms with Crippen LogP contribution in [0.15, 0.2) is 22.7 Å². The quantitative estimate of drug-likeness (QED) is 0.773. The topological polar surface area (TPSA) is 30.5 Å². The molecule has 0 heterocycles. The highest BCUT2D eigenvalue weighted by atomic mass is 79.9. The Morgan fingerprint density at radius 2 is 1.95 bits per heavy atom. The lowest BCUT2D eigenvalue weighted by molar-refractivity contribution is 0.110. The standard InChI is InChI=1S/C15H24BrNO2/c1-5-18-8-9-19-14-7-6-12(10-13(14)16)11-17-15(2,3)4/h6-7,10,17H,5,8-9,11H2,1-4H3. The minimum Gasteiger partial charge on any atom is -0.490 e. The van der Waals surface area contributed by atoms with Crippen LogP contribution in [0.25, 0.3) is 0 Å². The van der Waals surface area contributed by atoms with Gasteiger partial charge >= 0.3 is 0 Å². The summed E-state index contributed by atoms with van der Waals surface area (Å²) in [4.78, 5) is 0. The lowest BCUT2D eigenvalue weighted by atomic mass is 10.1. The van der Waals surface area contributed by atoms with Gasteiger partial charge in [-0.25, -0.2) is 0 Å². The monoisotopic (exact) mass is 329 g/mol. The molecule has 108 valence electrons. The first-order valence-electron chi connectivity index (χ1n) is 6.66. The molecule has 1 rings (SSSR count). The van der Waals surface area contributed by atoms with Crippen LogP contribution in [0.4, 0.5) is 0 Å². The van der Waals surface area contributed by atoms with Crippen molar-refractivity contribution in [3.63, 3.8) is 0 Å². The van der Waals surface area contributed by atoms with E-state index in [1.165, 1.54) is 5.56 Å². The second-order valence-electron chi connectivity index (χ2n) is 5.41. The highest BCUT2D eigenvalue weighted by molar-refractivity contribution is 9.10. The maximum Gasteiger partial charge on any atom is 0.133 e. The molecule has 0 saturated heterocycles. The van der Waals surface area contributed by atoms with Crippen molar-refractivity contribution in [2.75, 3.05) is 19.8 Å². The van der Waals surface area contributed by atoms with E-state index in [1.54, 1.807) is 0 Å².